The van der Waals surface area contributed by atoms with E-state index in [4.69, 9.17) is 0 Å². The summed E-state index contributed by atoms with van der Waals surface area (Å²) in [5, 5.41) is 4.28. The van der Waals surface area contributed by atoms with Crippen molar-refractivity contribution in [2.75, 3.05) is 19.6 Å². The molecule has 10 heteroatoms. The van der Waals surface area contributed by atoms with Gasteiger partial charge in [-0.25, -0.2) is 9.67 Å². The van der Waals surface area contributed by atoms with Gasteiger partial charge in [-0.15, -0.1) is 5.10 Å². The molecule has 2 heterocycles. The third-order valence-electron chi connectivity index (χ3n) is 5.58. The molecule has 0 N–H and O–H groups in total. The Morgan fingerprint density at radius 3 is 2.36 bits per heavy atom. The first-order valence-electron chi connectivity index (χ1n) is 10.3. The van der Waals surface area contributed by atoms with Crippen LogP contribution in [0.2, 0.25) is 0 Å². The summed E-state index contributed by atoms with van der Waals surface area (Å²) >= 11 is 0. The van der Waals surface area contributed by atoms with Gasteiger partial charge in [0.25, 0.3) is 11.8 Å². The number of benzene rings is 2. The quantitative estimate of drug-likeness (QED) is 0.602. The summed E-state index contributed by atoms with van der Waals surface area (Å²) in [6.45, 7) is 4.14. The average Bonchev–Trinajstić information content (AvgIpc) is 3.28. The third kappa shape index (κ3) is 4.59. The standard InChI is InChI=1S/C23H22F3N5O2/c1-22(2)14-29(20(32)16-7-6-8-17(13-16)23(24,25)26)11-12-30(22)21(33)19-27-15-31(28-19)18-9-4-3-5-10-18/h3-10,13,15H,11-12,14H2,1-2H3. The molecule has 0 spiro atoms. The fraction of sp³-hybridized carbons (Fsp3) is 0.304. The van der Waals surface area contributed by atoms with E-state index in [-0.39, 0.29) is 36.9 Å². The lowest BCUT2D eigenvalue weighted by Crippen LogP contribution is -2.62. The fourth-order valence-corrected chi connectivity index (χ4v) is 3.90. The van der Waals surface area contributed by atoms with Gasteiger partial charge in [0.1, 0.15) is 6.33 Å². The predicted molar refractivity (Wildman–Crippen MR) is 114 cm³/mol. The van der Waals surface area contributed by atoms with Crippen LogP contribution >= 0.6 is 0 Å². The number of hydrogen-bond donors (Lipinski definition) is 0. The molecule has 1 saturated heterocycles. The highest BCUT2D eigenvalue weighted by atomic mass is 19.4. The normalized spacial score (nSPS) is 16.0. The van der Waals surface area contributed by atoms with Gasteiger partial charge in [0.15, 0.2) is 0 Å². The number of amides is 2. The van der Waals surface area contributed by atoms with Gasteiger partial charge in [-0.1, -0.05) is 24.3 Å². The first-order chi connectivity index (χ1) is 15.6. The monoisotopic (exact) mass is 457 g/mol. The molecule has 2 amide bonds. The third-order valence-corrected chi connectivity index (χ3v) is 5.58. The van der Waals surface area contributed by atoms with Gasteiger partial charge in [-0.2, -0.15) is 13.2 Å². The minimum Gasteiger partial charge on any atom is -0.335 e. The molecular formula is C23H22F3N5O2. The number of hydrogen-bond acceptors (Lipinski definition) is 4. The average molecular weight is 457 g/mol. The first-order valence-corrected chi connectivity index (χ1v) is 10.3. The predicted octanol–water partition coefficient (Wildman–Crippen LogP) is 3.66. The molecule has 4 rings (SSSR count). The maximum Gasteiger partial charge on any atom is 0.416 e. The van der Waals surface area contributed by atoms with E-state index in [2.05, 4.69) is 10.1 Å². The van der Waals surface area contributed by atoms with Crippen molar-refractivity contribution in [2.24, 2.45) is 0 Å². The lowest BCUT2D eigenvalue weighted by molar-refractivity contribution is -0.137. The van der Waals surface area contributed by atoms with E-state index in [1.54, 1.807) is 18.7 Å². The summed E-state index contributed by atoms with van der Waals surface area (Å²) in [6.07, 6.45) is -3.07. The van der Waals surface area contributed by atoms with Gasteiger partial charge in [0.05, 0.1) is 16.8 Å². The van der Waals surface area contributed by atoms with Crippen molar-refractivity contribution in [3.63, 3.8) is 0 Å². The molecule has 0 atom stereocenters. The van der Waals surface area contributed by atoms with Gasteiger partial charge in [-0.3, -0.25) is 9.59 Å². The Morgan fingerprint density at radius 1 is 0.970 bits per heavy atom. The summed E-state index contributed by atoms with van der Waals surface area (Å²) in [5.41, 5.74) is -0.921. The molecule has 0 saturated carbocycles. The summed E-state index contributed by atoms with van der Waals surface area (Å²) in [7, 11) is 0. The molecule has 0 unspecified atom stereocenters. The minimum atomic E-state index is -4.53. The molecule has 3 aromatic rings. The molecule has 2 aromatic carbocycles. The fourth-order valence-electron chi connectivity index (χ4n) is 3.90. The topological polar surface area (TPSA) is 71.3 Å². The highest BCUT2D eigenvalue weighted by Crippen LogP contribution is 2.30. The van der Waals surface area contributed by atoms with E-state index in [0.717, 1.165) is 17.8 Å². The minimum absolute atomic E-state index is 0.0320. The lowest BCUT2D eigenvalue weighted by atomic mass is 9.97. The van der Waals surface area contributed by atoms with Gasteiger partial charge in [0.2, 0.25) is 5.82 Å². The van der Waals surface area contributed by atoms with Crippen LogP contribution in [0.1, 0.15) is 40.4 Å². The van der Waals surface area contributed by atoms with Gasteiger partial charge < -0.3 is 9.80 Å². The highest BCUT2D eigenvalue weighted by Gasteiger charge is 2.40. The summed E-state index contributed by atoms with van der Waals surface area (Å²) in [6, 6.07) is 13.6. The molecule has 1 aliphatic heterocycles. The van der Waals surface area contributed by atoms with E-state index in [1.165, 1.54) is 28.0 Å². The number of alkyl halides is 3. The van der Waals surface area contributed by atoms with E-state index in [1.807, 2.05) is 30.3 Å². The molecule has 0 radical (unpaired) electrons. The van der Waals surface area contributed by atoms with Crippen molar-refractivity contribution in [2.45, 2.75) is 25.6 Å². The molecule has 7 nitrogen and oxygen atoms in total. The van der Waals surface area contributed by atoms with Crippen molar-refractivity contribution in [1.29, 1.82) is 0 Å². The van der Waals surface area contributed by atoms with Crippen LogP contribution in [-0.4, -0.2) is 61.6 Å². The maximum atomic E-state index is 13.1. The van der Waals surface area contributed by atoms with Crippen molar-refractivity contribution in [1.82, 2.24) is 24.6 Å². The second-order valence-corrected chi connectivity index (χ2v) is 8.42. The van der Waals surface area contributed by atoms with Crippen LogP contribution in [0.4, 0.5) is 13.2 Å². The van der Waals surface area contributed by atoms with Gasteiger partial charge in [-0.05, 0) is 44.2 Å². The molecule has 0 bridgehead atoms. The SMILES string of the molecule is CC1(C)CN(C(=O)c2cccc(C(F)(F)F)c2)CCN1C(=O)c1ncn(-c2ccccc2)n1. The van der Waals surface area contributed by atoms with Crippen LogP contribution in [0.25, 0.3) is 5.69 Å². The maximum absolute atomic E-state index is 13.1. The van der Waals surface area contributed by atoms with E-state index >= 15 is 0 Å². The highest BCUT2D eigenvalue weighted by molar-refractivity contribution is 5.95. The Labute approximate surface area is 188 Å². The van der Waals surface area contributed by atoms with E-state index < -0.39 is 23.2 Å². The van der Waals surface area contributed by atoms with Crippen molar-refractivity contribution < 1.29 is 22.8 Å². The molecule has 1 aromatic heterocycles. The Balaban J connectivity index is 1.49. The Kier molecular flexibility index (Phi) is 5.69. The zero-order valence-electron chi connectivity index (χ0n) is 18.1. The summed E-state index contributed by atoms with van der Waals surface area (Å²) in [4.78, 5) is 33.2. The zero-order chi connectivity index (χ0) is 23.8. The van der Waals surface area contributed by atoms with E-state index in [0.29, 0.717) is 0 Å². The smallest absolute Gasteiger partial charge is 0.335 e. The van der Waals surface area contributed by atoms with Crippen LogP contribution in [-0.2, 0) is 6.18 Å². The summed E-state index contributed by atoms with van der Waals surface area (Å²) < 4.78 is 40.6. The second kappa shape index (κ2) is 8.34. The Morgan fingerprint density at radius 2 is 1.70 bits per heavy atom. The first kappa shape index (κ1) is 22.5. The number of para-hydroxylation sites is 1. The van der Waals surface area contributed by atoms with Crippen LogP contribution in [0.15, 0.2) is 60.9 Å². The molecule has 33 heavy (non-hydrogen) atoms. The second-order valence-electron chi connectivity index (χ2n) is 8.42. The number of nitrogens with zero attached hydrogens (tertiary/aromatic N) is 5. The molecular weight excluding hydrogens is 435 g/mol. The number of rotatable bonds is 3. The van der Waals surface area contributed by atoms with Crippen molar-refractivity contribution in [3.8, 4) is 5.69 Å². The van der Waals surface area contributed by atoms with E-state index in [9.17, 15) is 22.8 Å². The molecule has 172 valence electrons. The van der Waals surface area contributed by atoms with Crippen LogP contribution < -0.4 is 0 Å². The Bertz CT molecular complexity index is 1170. The largest absolute Gasteiger partial charge is 0.416 e. The van der Waals surface area contributed by atoms with Gasteiger partial charge >= 0.3 is 6.18 Å². The molecule has 0 aliphatic carbocycles. The van der Waals surface area contributed by atoms with Crippen LogP contribution in [0.5, 0.6) is 0 Å². The van der Waals surface area contributed by atoms with Crippen molar-refractivity contribution >= 4 is 11.8 Å². The number of aromatic nitrogens is 3. The Hall–Kier alpha value is -3.69. The van der Waals surface area contributed by atoms with Crippen molar-refractivity contribution in [3.05, 3.63) is 77.9 Å². The zero-order valence-corrected chi connectivity index (χ0v) is 18.1. The number of carbonyl (C=O) groups excluding carboxylic acids is 2. The molecule has 1 fully saturated rings. The summed E-state index contributed by atoms with van der Waals surface area (Å²) in [5.74, 6) is -0.849. The lowest BCUT2D eigenvalue weighted by Gasteiger charge is -2.46. The van der Waals surface area contributed by atoms with Gasteiger partial charge in [0, 0.05) is 25.2 Å². The molecule has 1 aliphatic rings. The number of halogens is 3. The number of piperazine rings is 1. The van der Waals surface area contributed by atoms with Crippen LogP contribution in [0.3, 0.4) is 0 Å². The van der Waals surface area contributed by atoms with Crippen LogP contribution in [0, 0.1) is 0 Å². The number of carbonyl (C=O) groups is 2.